The third-order valence-electron chi connectivity index (χ3n) is 8.39. The van der Waals surface area contributed by atoms with E-state index in [4.69, 9.17) is 9.47 Å². The van der Waals surface area contributed by atoms with Crippen LogP contribution in [-0.2, 0) is 6.61 Å². The Labute approximate surface area is 255 Å². The normalized spacial score (nSPS) is 11.9. The molecule has 4 heteroatoms. The number of hydrogen-bond donors (Lipinski definition) is 0. The standard InChI is InChI=1S/C38H46O2Si2/c1-27(2)42(28(3)4,29(5)6)24-22-34-33-14-12-11-13-31(33)18-20-38(34)40-26-30-15-16-32-17-19-37(39-7)35(36(32)25-30)21-23-41(8,9)10/h11-20,25,27-29H,26H2,1-10H3. The van der Waals surface area contributed by atoms with Crippen LogP contribution in [0, 0.1) is 22.9 Å². The molecule has 4 aromatic rings. The van der Waals surface area contributed by atoms with Gasteiger partial charge in [-0.1, -0.05) is 122 Å². The van der Waals surface area contributed by atoms with Crippen molar-refractivity contribution in [1.29, 1.82) is 0 Å². The highest BCUT2D eigenvalue weighted by Gasteiger charge is 2.41. The lowest BCUT2D eigenvalue weighted by Gasteiger charge is -2.38. The molecule has 218 valence electrons. The van der Waals surface area contributed by atoms with E-state index in [2.05, 4.69) is 145 Å². The van der Waals surface area contributed by atoms with Crippen LogP contribution < -0.4 is 9.47 Å². The van der Waals surface area contributed by atoms with Crippen LogP contribution in [0.1, 0.15) is 58.2 Å². The first-order chi connectivity index (χ1) is 19.9. The fourth-order valence-electron chi connectivity index (χ4n) is 6.25. The molecular weight excluding hydrogens is 545 g/mol. The van der Waals surface area contributed by atoms with Crippen molar-refractivity contribution < 1.29 is 9.47 Å². The zero-order chi connectivity index (χ0) is 30.7. The van der Waals surface area contributed by atoms with Gasteiger partial charge in [-0.05, 0) is 51.2 Å². The number of fused-ring (bicyclic) bond motifs is 2. The lowest BCUT2D eigenvalue weighted by atomic mass is 10.0. The number of ether oxygens (including phenoxy) is 2. The van der Waals surface area contributed by atoms with E-state index in [1.807, 2.05) is 6.07 Å². The molecule has 4 rings (SSSR count). The Balaban J connectivity index is 1.78. The molecule has 0 bridgehead atoms. The molecule has 0 atom stereocenters. The summed E-state index contributed by atoms with van der Waals surface area (Å²) >= 11 is 0. The molecule has 0 spiro atoms. The van der Waals surface area contributed by atoms with Crippen molar-refractivity contribution in [2.24, 2.45) is 0 Å². The number of rotatable bonds is 7. The first-order valence-electron chi connectivity index (χ1n) is 15.2. The van der Waals surface area contributed by atoms with E-state index in [-0.39, 0.29) is 0 Å². The number of hydrogen-bond acceptors (Lipinski definition) is 2. The van der Waals surface area contributed by atoms with Gasteiger partial charge in [-0.15, -0.1) is 11.1 Å². The van der Waals surface area contributed by atoms with Gasteiger partial charge >= 0.3 is 0 Å². The predicted molar refractivity (Wildman–Crippen MR) is 187 cm³/mol. The summed E-state index contributed by atoms with van der Waals surface area (Å²) in [6, 6.07) is 23.3. The summed E-state index contributed by atoms with van der Waals surface area (Å²) in [5.74, 6) is 8.83. The highest BCUT2D eigenvalue weighted by Crippen LogP contribution is 2.41. The molecule has 0 fully saturated rings. The summed E-state index contributed by atoms with van der Waals surface area (Å²) in [5.41, 5.74) is 12.2. The monoisotopic (exact) mass is 590 g/mol. The minimum absolute atomic E-state index is 0.447. The summed E-state index contributed by atoms with van der Waals surface area (Å²) < 4.78 is 12.3. The number of methoxy groups -OCH3 is 1. The van der Waals surface area contributed by atoms with E-state index < -0.39 is 16.1 Å². The molecule has 0 heterocycles. The van der Waals surface area contributed by atoms with Crippen LogP contribution in [0.5, 0.6) is 11.5 Å². The van der Waals surface area contributed by atoms with Gasteiger partial charge in [0.25, 0.3) is 0 Å². The third kappa shape index (κ3) is 6.62. The van der Waals surface area contributed by atoms with Gasteiger partial charge in [0.1, 0.15) is 34.3 Å². The molecule has 2 nitrogen and oxygen atoms in total. The van der Waals surface area contributed by atoms with E-state index in [0.29, 0.717) is 23.2 Å². The zero-order valence-electron chi connectivity index (χ0n) is 27.1. The number of benzene rings is 4. The van der Waals surface area contributed by atoms with Gasteiger partial charge in [-0.25, -0.2) is 0 Å². The van der Waals surface area contributed by atoms with E-state index in [0.717, 1.165) is 44.3 Å². The predicted octanol–water partition coefficient (Wildman–Crippen LogP) is 10.4. The molecule has 0 radical (unpaired) electrons. The van der Waals surface area contributed by atoms with Gasteiger partial charge in [-0.2, -0.15) is 0 Å². The molecule has 0 aliphatic rings. The van der Waals surface area contributed by atoms with Crippen LogP contribution in [0.15, 0.2) is 66.7 Å². The third-order valence-corrected chi connectivity index (χ3v) is 15.6. The minimum atomic E-state index is -1.91. The second-order valence-corrected chi connectivity index (χ2v) is 23.6. The van der Waals surface area contributed by atoms with E-state index >= 15 is 0 Å². The lowest BCUT2D eigenvalue weighted by Crippen LogP contribution is -2.43. The Kier molecular flexibility index (Phi) is 9.61. The molecule has 4 aromatic carbocycles. The van der Waals surface area contributed by atoms with Crippen molar-refractivity contribution in [3.8, 4) is 34.4 Å². The van der Waals surface area contributed by atoms with Crippen molar-refractivity contribution in [2.75, 3.05) is 7.11 Å². The molecule has 0 saturated heterocycles. The molecule has 0 aromatic heterocycles. The molecule has 42 heavy (non-hydrogen) atoms. The van der Waals surface area contributed by atoms with E-state index in [9.17, 15) is 0 Å². The summed E-state index contributed by atoms with van der Waals surface area (Å²) in [4.78, 5) is 0. The molecule has 0 saturated carbocycles. The Morgan fingerprint density at radius 1 is 0.643 bits per heavy atom. The van der Waals surface area contributed by atoms with Crippen LogP contribution in [0.2, 0.25) is 36.3 Å². The maximum Gasteiger partial charge on any atom is 0.146 e. The Morgan fingerprint density at radius 3 is 1.81 bits per heavy atom. The van der Waals surface area contributed by atoms with Crippen LogP contribution in [0.25, 0.3) is 21.5 Å². The second-order valence-electron chi connectivity index (χ2n) is 13.3. The smallest absolute Gasteiger partial charge is 0.146 e. The topological polar surface area (TPSA) is 18.5 Å². The fraction of sp³-hybridized carbons (Fsp3) is 0.368. The highest BCUT2D eigenvalue weighted by atomic mass is 28.3. The average molecular weight is 591 g/mol. The van der Waals surface area contributed by atoms with Crippen molar-refractivity contribution in [3.63, 3.8) is 0 Å². The molecule has 0 N–H and O–H groups in total. The van der Waals surface area contributed by atoms with Crippen LogP contribution in [-0.4, -0.2) is 23.3 Å². The Bertz CT molecular complexity index is 1680. The van der Waals surface area contributed by atoms with Gasteiger partial charge in [0.15, 0.2) is 0 Å². The second kappa shape index (κ2) is 12.8. The van der Waals surface area contributed by atoms with Crippen LogP contribution in [0.3, 0.4) is 0 Å². The van der Waals surface area contributed by atoms with E-state index in [1.54, 1.807) is 7.11 Å². The molecule has 0 aliphatic carbocycles. The van der Waals surface area contributed by atoms with Crippen LogP contribution >= 0.6 is 0 Å². The van der Waals surface area contributed by atoms with Gasteiger partial charge < -0.3 is 9.47 Å². The summed E-state index contributed by atoms with van der Waals surface area (Å²) in [7, 11) is -1.76. The minimum Gasteiger partial charge on any atom is -0.495 e. The maximum atomic E-state index is 6.59. The quantitative estimate of drug-likeness (QED) is 0.157. The molecule has 0 amide bonds. The van der Waals surface area contributed by atoms with Crippen LogP contribution in [0.4, 0.5) is 0 Å². The maximum absolute atomic E-state index is 6.59. The SMILES string of the molecule is COc1ccc2ccc(COc3ccc4ccccc4c3C#C[Si](C(C)C)(C(C)C)C(C)C)cc2c1C#C[Si](C)(C)C. The Morgan fingerprint density at radius 2 is 1.19 bits per heavy atom. The molecular formula is C38H46O2Si2. The summed E-state index contributed by atoms with van der Waals surface area (Å²) in [6.45, 7) is 21.4. The van der Waals surface area contributed by atoms with Gasteiger partial charge in [0, 0.05) is 10.8 Å². The van der Waals surface area contributed by atoms with E-state index in [1.165, 1.54) is 5.39 Å². The highest BCUT2D eigenvalue weighted by molar-refractivity contribution is 6.90. The average Bonchev–Trinajstić information content (AvgIpc) is 2.94. The van der Waals surface area contributed by atoms with Gasteiger partial charge in [-0.3, -0.25) is 0 Å². The zero-order valence-corrected chi connectivity index (χ0v) is 29.1. The molecule has 0 unspecified atom stereocenters. The molecule has 0 aliphatic heterocycles. The first-order valence-corrected chi connectivity index (χ1v) is 20.9. The van der Waals surface area contributed by atoms with Crippen molar-refractivity contribution in [1.82, 2.24) is 0 Å². The van der Waals surface area contributed by atoms with Gasteiger partial charge in [0.05, 0.1) is 18.2 Å². The van der Waals surface area contributed by atoms with Crippen molar-refractivity contribution in [2.45, 2.75) is 84.4 Å². The summed E-state index contributed by atoms with van der Waals surface area (Å²) in [5, 5.41) is 4.58. The van der Waals surface area contributed by atoms with Crippen molar-refractivity contribution in [3.05, 3.63) is 83.4 Å². The fourth-order valence-corrected chi connectivity index (χ4v) is 12.0. The summed E-state index contributed by atoms with van der Waals surface area (Å²) in [6.07, 6.45) is 0. The van der Waals surface area contributed by atoms with Crippen molar-refractivity contribution >= 4 is 37.7 Å². The largest absolute Gasteiger partial charge is 0.495 e. The Hall–Kier alpha value is -3.45. The van der Waals surface area contributed by atoms with Gasteiger partial charge in [0.2, 0.25) is 0 Å². The lowest BCUT2D eigenvalue weighted by molar-refractivity contribution is 0.306. The first kappa shape index (κ1) is 31.5.